The molecule has 0 aliphatic heterocycles. The van der Waals surface area contributed by atoms with E-state index >= 15 is 0 Å². The predicted octanol–water partition coefficient (Wildman–Crippen LogP) is 14.1. The minimum absolute atomic E-state index is 1.24. The zero-order chi connectivity index (χ0) is 33.1. The van der Waals surface area contributed by atoms with Crippen LogP contribution in [0.5, 0.6) is 0 Å². The summed E-state index contributed by atoms with van der Waals surface area (Å²) in [5.74, 6) is 0. The van der Waals surface area contributed by atoms with Crippen molar-refractivity contribution in [1.29, 1.82) is 0 Å². The molecule has 0 nitrogen and oxygen atoms in total. The van der Waals surface area contributed by atoms with Gasteiger partial charge in [0.25, 0.3) is 0 Å². The van der Waals surface area contributed by atoms with Crippen molar-refractivity contribution < 1.29 is 0 Å². The third-order valence-corrected chi connectivity index (χ3v) is 11.4. The fraction of sp³-hybridized carbons (Fsp3) is 0.0400. The van der Waals surface area contributed by atoms with Crippen LogP contribution in [0.15, 0.2) is 158 Å². The quantitative estimate of drug-likeness (QED) is 0.182. The summed E-state index contributed by atoms with van der Waals surface area (Å²) in [7, 11) is 0. The van der Waals surface area contributed by atoms with Gasteiger partial charge in [-0.25, -0.2) is 0 Å². The van der Waals surface area contributed by atoms with Crippen LogP contribution < -0.4 is 0 Å². The number of fused-ring (bicyclic) bond motifs is 7. The van der Waals surface area contributed by atoms with E-state index in [4.69, 9.17) is 0 Å². The smallest absolute Gasteiger partial charge is 0.000741 e. The Kier molecular flexibility index (Phi) is 5.61. The highest BCUT2D eigenvalue weighted by molar-refractivity contribution is 6.28. The van der Waals surface area contributed by atoms with Gasteiger partial charge in [-0.3, -0.25) is 0 Å². The van der Waals surface area contributed by atoms with Gasteiger partial charge in [0.2, 0.25) is 0 Å². The second-order valence-corrected chi connectivity index (χ2v) is 14.1. The number of hydrogen-bond donors (Lipinski definition) is 0. The maximum Gasteiger partial charge on any atom is -0.000741 e. The monoisotopic (exact) mass is 632 g/mol. The van der Waals surface area contributed by atoms with Crippen LogP contribution in [0.4, 0.5) is 0 Å². The fourth-order valence-electron chi connectivity index (χ4n) is 9.13. The van der Waals surface area contributed by atoms with E-state index in [1.807, 2.05) is 0 Å². The van der Waals surface area contributed by atoms with Crippen LogP contribution in [0.2, 0.25) is 0 Å². The van der Waals surface area contributed by atoms with Crippen molar-refractivity contribution in [2.75, 3.05) is 0 Å². The van der Waals surface area contributed by atoms with E-state index in [2.05, 4.69) is 172 Å². The molecule has 0 fully saturated rings. The van der Waals surface area contributed by atoms with E-state index in [0.717, 1.165) is 0 Å². The first kappa shape index (κ1) is 27.7. The zero-order valence-corrected chi connectivity index (χ0v) is 28.0. The van der Waals surface area contributed by atoms with Crippen molar-refractivity contribution in [3.63, 3.8) is 0 Å². The molecule has 0 atom stereocenters. The Hall–Kier alpha value is -6.24. The summed E-state index contributed by atoms with van der Waals surface area (Å²) in [6.45, 7) is 4.45. The lowest BCUT2D eigenvalue weighted by Gasteiger charge is -2.21. The molecule has 50 heavy (non-hydrogen) atoms. The minimum atomic E-state index is 1.24. The van der Waals surface area contributed by atoms with Gasteiger partial charge in [0.15, 0.2) is 0 Å². The summed E-state index contributed by atoms with van der Waals surface area (Å²) in [6, 6.07) is 59.3. The van der Waals surface area contributed by atoms with Gasteiger partial charge in [0.1, 0.15) is 0 Å². The molecule has 2 aliphatic rings. The molecule has 0 saturated carbocycles. The normalized spacial score (nSPS) is 12.2. The van der Waals surface area contributed by atoms with Gasteiger partial charge in [-0.2, -0.15) is 0 Å². The highest BCUT2D eigenvalue weighted by Gasteiger charge is 2.31. The molecule has 0 bridgehead atoms. The van der Waals surface area contributed by atoms with E-state index < -0.39 is 0 Å². The van der Waals surface area contributed by atoms with Crippen LogP contribution in [-0.4, -0.2) is 0 Å². The molecule has 0 heteroatoms. The summed E-state index contributed by atoms with van der Waals surface area (Å²) in [6.07, 6.45) is 0. The van der Waals surface area contributed by atoms with Crippen molar-refractivity contribution in [1.82, 2.24) is 0 Å². The average Bonchev–Trinajstić information content (AvgIpc) is 3.65. The second kappa shape index (κ2) is 10.1. The predicted molar refractivity (Wildman–Crippen MR) is 214 cm³/mol. The first-order valence-electron chi connectivity index (χ1n) is 17.6. The molecule has 0 heterocycles. The van der Waals surface area contributed by atoms with Crippen LogP contribution in [0.3, 0.4) is 0 Å². The van der Waals surface area contributed by atoms with Gasteiger partial charge in [0, 0.05) is 0 Å². The molecule has 9 aromatic rings. The topological polar surface area (TPSA) is 0 Å². The Balaban J connectivity index is 1.27. The van der Waals surface area contributed by atoms with Crippen molar-refractivity contribution in [3.8, 4) is 77.9 Å². The van der Waals surface area contributed by atoms with Gasteiger partial charge >= 0.3 is 0 Å². The highest BCUT2D eigenvalue weighted by atomic mass is 14.3. The zero-order valence-electron chi connectivity index (χ0n) is 28.0. The van der Waals surface area contributed by atoms with Crippen molar-refractivity contribution in [2.24, 2.45) is 0 Å². The van der Waals surface area contributed by atoms with Crippen LogP contribution in [0.1, 0.15) is 11.1 Å². The molecule has 0 spiro atoms. The summed E-state index contributed by atoms with van der Waals surface area (Å²) >= 11 is 0. The lowest BCUT2D eigenvalue weighted by atomic mass is 9.81. The van der Waals surface area contributed by atoms with E-state index in [1.165, 1.54) is 121 Å². The largest absolute Gasteiger partial charge is 0.0622 e. The Morgan fingerprint density at radius 3 is 1.46 bits per heavy atom. The standard InChI is InChI=1S/C50H32/c1-29-26-42-37-19-11-18-36-35(24-25-38(48(36)37)43(42)27-30(29)2)34-22-23-39-44(28-34)47(33-14-7-4-8-15-33)50-41-21-10-17-31-16-9-20-40(45(31)41)49(50)46(39)32-12-5-3-6-13-32/h3-28H,1-2H3. The third kappa shape index (κ3) is 3.66. The van der Waals surface area contributed by atoms with Crippen LogP contribution >= 0.6 is 0 Å². The van der Waals surface area contributed by atoms with E-state index in [0.29, 0.717) is 0 Å². The maximum absolute atomic E-state index is 2.48. The van der Waals surface area contributed by atoms with Gasteiger partial charge in [-0.05, 0) is 141 Å². The molecular weight excluding hydrogens is 601 g/mol. The van der Waals surface area contributed by atoms with E-state index in [9.17, 15) is 0 Å². The summed E-state index contributed by atoms with van der Waals surface area (Å²) in [4.78, 5) is 0. The molecule has 0 saturated heterocycles. The number of benzene rings is 9. The highest BCUT2D eigenvalue weighted by Crippen LogP contribution is 2.58. The number of hydrogen-bond acceptors (Lipinski definition) is 0. The number of aryl methyl sites for hydroxylation is 2. The second-order valence-electron chi connectivity index (χ2n) is 14.1. The Bertz CT molecular complexity index is 2870. The van der Waals surface area contributed by atoms with Gasteiger partial charge < -0.3 is 0 Å². The lowest BCUT2D eigenvalue weighted by molar-refractivity contribution is 1.35. The molecule has 0 radical (unpaired) electrons. The maximum atomic E-state index is 2.48. The van der Waals surface area contributed by atoms with Crippen molar-refractivity contribution in [2.45, 2.75) is 13.8 Å². The SMILES string of the molecule is Cc1cc2c(cc1C)-c1ccc(-c3ccc4c(-c5ccccc5)c5c(c(-c6ccccc6)c4c3)-c3cccc4cccc-5c34)c3cccc-2c13. The average molecular weight is 633 g/mol. The summed E-state index contributed by atoms with van der Waals surface area (Å²) in [5, 5.41) is 7.90. The van der Waals surface area contributed by atoms with Crippen LogP contribution in [-0.2, 0) is 0 Å². The number of rotatable bonds is 3. The molecule has 0 aromatic heterocycles. The van der Waals surface area contributed by atoms with Gasteiger partial charge in [0.05, 0.1) is 0 Å². The molecule has 9 aromatic carbocycles. The molecular formula is C50H32. The summed E-state index contributed by atoms with van der Waals surface area (Å²) in [5.41, 5.74) is 21.1. The molecule has 2 aliphatic carbocycles. The first-order chi connectivity index (χ1) is 24.7. The molecule has 0 amide bonds. The molecule has 232 valence electrons. The first-order valence-corrected chi connectivity index (χ1v) is 17.6. The van der Waals surface area contributed by atoms with E-state index in [1.54, 1.807) is 0 Å². The lowest BCUT2D eigenvalue weighted by Crippen LogP contribution is -1.94. The Morgan fingerprint density at radius 1 is 0.280 bits per heavy atom. The Morgan fingerprint density at radius 2 is 0.820 bits per heavy atom. The van der Waals surface area contributed by atoms with Crippen LogP contribution in [0, 0.1) is 13.8 Å². The van der Waals surface area contributed by atoms with Crippen LogP contribution in [0.25, 0.3) is 110 Å². The third-order valence-electron chi connectivity index (χ3n) is 11.4. The molecule has 11 rings (SSSR count). The van der Waals surface area contributed by atoms with Gasteiger partial charge in [-0.1, -0.05) is 152 Å². The van der Waals surface area contributed by atoms with Crippen molar-refractivity contribution in [3.05, 3.63) is 169 Å². The minimum Gasteiger partial charge on any atom is -0.0622 e. The van der Waals surface area contributed by atoms with Crippen molar-refractivity contribution >= 4 is 32.3 Å². The molecule has 0 unspecified atom stereocenters. The fourth-order valence-corrected chi connectivity index (χ4v) is 9.13. The molecule has 0 N–H and O–H groups in total. The summed E-state index contributed by atoms with van der Waals surface area (Å²) < 4.78 is 0. The Labute approximate surface area is 291 Å². The van der Waals surface area contributed by atoms with Gasteiger partial charge in [-0.15, -0.1) is 0 Å². The van der Waals surface area contributed by atoms with E-state index in [-0.39, 0.29) is 0 Å².